The number of amides is 1. The molecule has 4 heterocycles. The molecule has 1 N–H and O–H groups in total. The Kier molecular flexibility index (Phi) is 7.80. The minimum absolute atomic E-state index is 0.273. The van der Waals surface area contributed by atoms with Gasteiger partial charge in [0.2, 0.25) is 0 Å². The highest BCUT2D eigenvalue weighted by Crippen LogP contribution is 2.41. The van der Waals surface area contributed by atoms with Gasteiger partial charge in [0.05, 0.1) is 39.7 Å². The Morgan fingerprint density at radius 1 is 0.956 bits per heavy atom. The van der Waals surface area contributed by atoms with Crippen LogP contribution in [0, 0.1) is 11.6 Å². The molecule has 0 radical (unpaired) electrons. The SMILES string of the molecule is CC.CNC(=O)c1c(-c2ccc(F)cc2)oc2cc(N(C)S(C)=O)c(-c3cc4c(cn3)ncn3c5cccc(F)c5cc43)cc12. The van der Waals surface area contributed by atoms with Crippen molar-refractivity contribution in [3.05, 3.63) is 96.5 Å². The molecule has 1 amide bonds. The lowest BCUT2D eigenvalue weighted by Gasteiger charge is -2.19. The number of furan rings is 1. The Balaban J connectivity index is 0.00000175. The van der Waals surface area contributed by atoms with Crippen LogP contribution >= 0.6 is 0 Å². The fourth-order valence-electron chi connectivity index (χ4n) is 5.46. The van der Waals surface area contributed by atoms with E-state index < -0.39 is 16.8 Å². The van der Waals surface area contributed by atoms with Gasteiger partial charge in [0, 0.05) is 53.7 Å². The van der Waals surface area contributed by atoms with Gasteiger partial charge in [-0.05, 0) is 54.6 Å². The van der Waals surface area contributed by atoms with Crippen molar-refractivity contribution in [1.29, 1.82) is 0 Å². The van der Waals surface area contributed by atoms with E-state index in [2.05, 4.69) is 15.3 Å². The molecule has 0 bridgehead atoms. The first-order valence-electron chi connectivity index (χ1n) is 14.3. The summed E-state index contributed by atoms with van der Waals surface area (Å²) in [6, 6.07) is 17.7. The highest BCUT2D eigenvalue weighted by Gasteiger charge is 2.25. The molecule has 7 rings (SSSR count). The lowest BCUT2D eigenvalue weighted by Crippen LogP contribution is -2.20. The Labute approximate surface area is 259 Å². The first-order chi connectivity index (χ1) is 21.7. The highest BCUT2D eigenvalue weighted by molar-refractivity contribution is 7.85. The maximum Gasteiger partial charge on any atom is 0.255 e. The molecule has 3 aromatic carbocycles. The predicted octanol–water partition coefficient (Wildman–Crippen LogP) is 7.51. The van der Waals surface area contributed by atoms with Gasteiger partial charge in [-0.1, -0.05) is 19.9 Å². The Morgan fingerprint density at radius 2 is 1.71 bits per heavy atom. The zero-order valence-corrected chi connectivity index (χ0v) is 26.0. The van der Waals surface area contributed by atoms with Crippen LogP contribution in [0.5, 0.6) is 0 Å². The molecule has 0 saturated heterocycles. The summed E-state index contributed by atoms with van der Waals surface area (Å²) < 4.78 is 50.7. The minimum Gasteiger partial charge on any atom is -0.455 e. The van der Waals surface area contributed by atoms with Crippen LogP contribution in [0.4, 0.5) is 14.5 Å². The van der Waals surface area contributed by atoms with Crippen LogP contribution in [0.25, 0.3) is 60.9 Å². The number of hydrogen-bond donors (Lipinski definition) is 1. The number of carbonyl (C=O) groups excluding carboxylic acids is 1. The van der Waals surface area contributed by atoms with Gasteiger partial charge in [0.25, 0.3) is 5.91 Å². The molecule has 0 aliphatic heterocycles. The van der Waals surface area contributed by atoms with E-state index in [1.165, 1.54) is 25.2 Å². The normalized spacial score (nSPS) is 12.0. The second kappa shape index (κ2) is 11.7. The number of rotatable bonds is 5. The van der Waals surface area contributed by atoms with Crippen LogP contribution in [0.2, 0.25) is 0 Å². The molecule has 0 aliphatic carbocycles. The fraction of sp³-hybridized carbons (Fsp3) is 0.147. The third kappa shape index (κ3) is 4.98. The second-order valence-corrected chi connectivity index (χ2v) is 11.5. The van der Waals surface area contributed by atoms with Crippen molar-refractivity contribution in [3.63, 3.8) is 0 Å². The van der Waals surface area contributed by atoms with Crippen molar-refractivity contribution in [2.45, 2.75) is 13.8 Å². The molecular weight excluding hydrogens is 596 g/mol. The first kappa shape index (κ1) is 29.9. The second-order valence-electron chi connectivity index (χ2n) is 10.1. The van der Waals surface area contributed by atoms with Crippen LogP contribution in [0.3, 0.4) is 0 Å². The van der Waals surface area contributed by atoms with Crippen LogP contribution < -0.4 is 9.62 Å². The molecule has 0 aliphatic rings. The number of nitrogens with zero attached hydrogens (tertiary/aromatic N) is 4. The number of carbonyl (C=O) groups is 1. The summed E-state index contributed by atoms with van der Waals surface area (Å²) in [6.07, 6.45) is 4.83. The van der Waals surface area contributed by atoms with E-state index in [9.17, 15) is 17.8 Å². The van der Waals surface area contributed by atoms with Gasteiger partial charge in [0.15, 0.2) is 0 Å². The summed E-state index contributed by atoms with van der Waals surface area (Å²) in [4.78, 5) is 22.4. The molecule has 45 heavy (non-hydrogen) atoms. The highest BCUT2D eigenvalue weighted by atomic mass is 32.2. The minimum atomic E-state index is -1.41. The number of anilines is 1. The van der Waals surface area contributed by atoms with Crippen LogP contribution in [-0.4, -0.2) is 44.8 Å². The summed E-state index contributed by atoms with van der Waals surface area (Å²) in [7, 11) is 1.79. The third-order valence-corrected chi connectivity index (χ3v) is 8.64. The quantitative estimate of drug-likeness (QED) is 0.214. The molecule has 11 heteroatoms. The van der Waals surface area contributed by atoms with Crippen molar-refractivity contribution >= 4 is 60.9 Å². The van der Waals surface area contributed by atoms with Crippen molar-refractivity contribution in [1.82, 2.24) is 19.7 Å². The van der Waals surface area contributed by atoms with E-state index in [1.54, 1.807) is 66.5 Å². The molecular formula is C34H29F2N5O3S. The van der Waals surface area contributed by atoms with E-state index >= 15 is 0 Å². The van der Waals surface area contributed by atoms with Crippen molar-refractivity contribution < 1.29 is 22.2 Å². The number of pyridine rings is 1. The van der Waals surface area contributed by atoms with E-state index in [4.69, 9.17) is 4.42 Å². The van der Waals surface area contributed by atoms with Gasteiger partial charge >= 0.3 is 0 Å². The number of aromatic nitrogens is 3. The topological polar surface area (TPSA) is 92.7 Å². The molecule has 7 aromatic rings. The zero-order valence-electron chi connectivity index (χ0n) is 25.2. The molecule has 0 fully saturated rings. The molecule has 228 valence electrons. The smallest absolute Gasteiger partial charge is 0.255 e. The number of fused-ring (bicyclic) bond motifs is 6. The lowest BCUT2D eigenvalue weighted by molar-refractivity contribution is 0.0964. The van der Waals surface area contributed by atoms with Crippen molar-refractivity contribution in [3.8, 4) is 22.6 Å². The number of halogens is 2. The summed E-state index contributed by atoms with van der Waals surface area (Å²) in [5, 5.41) is 4.38. The van der Waals surface area contributed by atoms with Gasteiger partial charge in [-0.3, -0.25) is 18.5 Å². The Morgan fingerprint density at radius 3 is 2.42 bits per heavy atom. The van der Waals surface area contributed by atoms with Gasteiger partial charge in [-0.25, -0.2) is 18.0 Å². The van der Waals surface area contributed by atoms with Crippen LogP contribution in [-0.2, 0) is 11.0 Å². The maximum atomic E-state index is 14.7. The van der Waals surface area contributed by atoms with Crippen molar-refractivity contribution in [2.75, 3.05) is 24.7 Å². The molecule has 0 spiro atoms. The molecule has 8 nitrogen and oxygen atoms in total. The summed E-state index contributed by atoms with van der Waals surface area (Å²) in [6.45, 7) is 4.00. The van der Waals surface area contributed by atoms with Gasteiger partial charge in [0.1, 0.15) is 40.3 Å². The Hall–Kier alpha value is -5.16. The van der Waals surface area contributed by atoms with E-state index in [1.807, 2.05) is 30.4 Å². The standard InChI is InChI=1S/C32H23F2N5O3S.C2H6/c1-35-32(40)30-22-11-20(27(38(2)43(3)41)14-29(22)42-31(30)17-7-9-18(33)10-8-17)24-12-21-25(15-36-24)37-16-39-26-6-4-5-23(34)19(26)13-28(21)39;1-2/h4-16H,1-3H3,(H,35,40);1-2H3. The van der Waals surface area contributed by atoms with Crippen LogP contribution in [0.1, 0.15) is 24.2 Å². The van der Waals surface area contributed by atoms with Gasteiger partial charge in [-0.2, -0.15) is 0 Å². The van der Waals surface area contributed by atoms with Gasteiger partial charge < -0.3 is 9.73 Å². The molecule has 1 unspecified atom stereocenters. The lowest BCUT2D eigenvalue weighted by atomic mass is 10.00. The molecule has 1 atom stereocenters. The average Bonchev–Trinajstić information content (AvgIpc) is 3.64. The summed E-state index contributed by atoms with van der Waals surface area (Å²) in [5.41, 5.74) is 4.89. The largest absolute Gasteiger partial charge is 0.455 e. The zero-order chi connectivity index (χ0) is 32.0. The van der Waals surface area contributed by atoms with E-state index in [0.29, 0.717) is 49.9 Å². The monoisotopic (exact) mass is 625 g/mol. The summed E-state index contributed by atoms with van der Waals surface area (Å²) in [5.74, 6) is -0.856. The van der Waals surface area contributed by atoms with Gasteiger partial charge in [-0.15, -0.1) is 0 Å². The number of hydrogen-bond acceptors (Lipinski definition) is 5. The predicted molar refractivity (Wildman–Crippen MR) is 176 cm³/mol. The van der Waals surface area contributed by atoms with E-state index in [-0.39, 0.29) is 23.0 Å². The average molecular weight is 626 g/mol. The first-order valence-corrected chi connectivity index (χ1v) is 15.8. The van der Waals surface area contributed by atoms with E-state index in [0.717, 1.165) is 10.9 Å². The summed E-state index contributed by atoms with van der Waals surface area (Å²) >= 11 is 0. The number of nitrogens with one attached hydrogen (secondary N) is 1. The number of benzene rings is 3. The molecule has 4 aromatic heterocycles. The molecule has 0 saturated carbocycles. The van der Waals surface area contributed by atoms with Crippen LogP contribution in [0.15, 0.2) is 83.7 Å². The fourth-order valence-corrected chi connectivity index (χ4v) is 5.89. The maximum absolute atomic E-state index is 14.7. The van der Waals surface area contributed by atoms with Crippen molar-refractivity contribution in [2.24, 2.45) is 0 Å². The third-order valence-electron chi connectivity index (χ3n) is 7.67. The Bertz CT molecular complexity index is 2280.